The van der Waals surface area contributed by atoms with Gasteiger partial charge in [-0.3, -0.25) is 13.9 Å². The SMILES string of the molecule is CCC(C)NC(=O)C(Cc1ccccc1)N(Cc1ccc(Cl)cc1Cl)C(=O)CN(c1ccc(C)cc1)S(=O)(=O)c1ccc(OC)c(Br)c1. The van der Waals surface area contributed by atoms with Crippen LogP contribution in [0.5, 0.6) is 5.75 Å². The van der Waals surface area contributed by atoms with Crippen molar-refractivity contribution in [1.82, 2.24) is 10.2 Å². The van der Waals surface area contributed by atoms with Gasteiger partial charge in [-0.2, -0.15) is 0 Å². The minimum atomic E-state index is -4.30. The normalized spacial score (nSPS) is 12.6. The van der Waals surface area contributed by atoms with Crippen molar-refractivity contribution in [1.29, 1.82) is 0 Å². The molecule has 48 heavy (non-hydrogen) atoms. The van der Waals surface area contributed by atoms with E-state index < -0.39 is 28.5 Å². The van der Waals surface area contributed by atoms with Crippen LogP contribution in [0.3, 0.4) is 0 Å². The highest BCUT2D eigenvalue weighted by Crippen LogP contribution is 2.32. The Morgan fingerprint density at radius 1 is 0.958 bits per heavy atom. The molecule has 0 aromatic heterocycles. The van der Waals surface area contributed by atoms with Crippen molar-refractivity contribution in [3.8, 4) is 5.75 Å². The van der Waals surface area contributed by atoms with Gasteiger partial charge in [-0.15, -0.1) is 0 Å². The van der Waals surface area contributed by atoms with Crippen LogP contribution in [0, 0.1) is 6.92 Å². The lowest BCUT2D eigenvalue weighted by molar-refractivity contribution is -0.140. The summed E-state index contributed by atoms with van der Waals surface area (Å²) in [4.78, 5) is 30.0. The van der Waals surface area contributed by atoms with Crippen molar-refractivity contribution >= 4 is 66.7 Å². The van der Waals surface area contributed by atoms with Crippen molar-refractivity contribution in [2.45, 2.75) is 57.1 Å². The first-order valence-electron chi connectivity index (χ1n) is 15.3. The fourth-order valence-corrected chi connectivity index (χ4v) is 7.60. The first-order chi connectivity index (χ1) is 22.8. The molecule has 0 heterocycles. The molecule has 2 amide bonds. The maximum atomic E-state index is 14.7. The van der Waals surface area contributed by atoms with Crippen molar-refractivity contribution < 1.29 is 22.7 Å². The molecule has 2 unspecified atom stereocenters. The molecule has 0 bridgehead atoms. The summed E-state index contributed by atoms with van der Waals surface area (Å²) in [5.74, 6) is -0.512. The number of nitrogens with zero attached hydrogens (tertiary/aromatic N) is 2. The number of ether oxygens (including phenoxy) is 1. The molecule has 1 N–H and O–H groups in total. The highest BCUT2D eigenvalue weighted by atomic mass is 79.9. The lowest BCUT2D eigenvalue weighted by Gasteiger charge is -2.34. The Kier molecular flexibility index (Phi) is 13.0. The zero-order chi connectivity index (χ0) is 35.0. The molecule has 0 spiro atoms. The number of hydrogen-bond acceptors (Lipinski definition) is 5. The fraction of sp³-hybridized carbons (Fsp3) is 0.278. The second kappa shape index (κ2) is 16.7. The number of nitrogens with one attached hydrogen (secondary N) is 1. The molecule has 4 aromatic rings. The van der Waals surface area contributed by atoms with Gasteiger partial charge < -0.3 is 15.0 Å². The second-order valence-corrected chi connectivity index (χ2v) is 15.0. The van der Waals surface area contributed by atoms with Gasteiger partial charge in [0.2, 0.25) is 11.8 Å². The predicted octanol–water partition coefficient (Wildman–Crippen LogP) is 7.82. The third-order valence-corrected chi connectivity index (χ3v) is 10.9. The Morgan fingerprint density at radius 2 is 1.65 bits per heavy atom. The number of halogens is 3. The van der Waals surface area contributed by atoms with Gasteiger partial charge in [0.25, 0.3) is 10.0 Å². The van der Waals surface area contributed by atoms with Crippen LogP contribution in [0.15, 0.2) is 100 Å². The zero-order valence-electron chi connectivity index (χ0n) is 27.1. The Morgan fingerprint density at radius 3 is 2.25 bits per heavy atom. The quantitative estimate of drug-likeness (QED) is 0.141. The van der Waals surface area contributed by atoms with E-state index in [4.69, 9.17) is 27.9 Å². The molecule has 12 heteroatoms. The molecule has 0 radical (unpaired) electrons. The number of aryl methyl sites for hydroxylation is 1. The number of amides is 2. The van der Waals surface area contributed by atoms with Gasteiger partial charge in [0.1, 0.15) is 18.3 Å². The number of carbonyl (C=O) groups excluding carboxylic acids is 2. The van der Waals surface area contributed by atoms with E-state index >= 15 is 0 Å². The van der Waals surface area contributed by atoms with Gasteiger partial charge in [0, 0.05) is 29.1 Å². The smallest absolute Gasteiger partial charge is 0.264 e. The van der Waals surface area contributed by atoms with E-state index in [0.29, 0.717) is 32.3 Å². The second-order valence-electron chi connectivity index (χ2n) is 11.4. The van der Waals surface area contributed by atoms with Crippen LogP contribution in [0.1, 0.15) is 37.0 Å². The van der Waals surface area contributed by atoms with E-state index in [-0.39, 0.29) is 35.5 Å². The van der Waals surface area contributed by atoms with E-state index in [9.17, 15) is 18.0 Å². The third-order valence-electron chi connectivity index (χ3n) is 7.94. The Labute approximate surface area is 301 Å². The van der Waals surface area contributed by atoms with E-state index in [1.54, 1.807) is 42.5 Å². The van der Waals surface area contributed by atoms with Crippen molar-refractivity contribution in [2.24, 2.45) is 0 Å². The lowest BCUT2D eigenvalue weighted by Crippen LogP contribution is -2.54. The molecule has 0 fully saturated rings. The molecule has 4 rings (SSSR count). The topological polar surface area (TPSA) is 96.0 Å². The summed E-state index contributed by atoms with van der Waals surface area (Å²) < 4.78 is 35.5. The molecule has 0 aliphatic carbocycles. The maximum Gasteiger partial charge on any atom is 0.264 e. The van der Waals surface area contributed by atoms with Crippen molar-refractivity contribution in [2.75, 3.05) is 18.0 Å². The zero-order valence-corrected chi connectivity index (χ0v) is 31.0. The summed E-state index contributed by atoms with van der Waals surface area (Å²) in [5, 5.41) is 3.75. The summed E-state index contributed by atoms with van der Waals surface area (Å²) in [7, 11) is -2.82. The van der Waals surface area contributed by atoms with Gasteiger partial charge in [-0.1, -0.05) is 84.2 Å². The molecule has 0 saturated heterocycles. The van der Waals surface area contributed by atoms with Crippen LogP contribution >= 0.6 is 39.1 Å². The molecular weight excluding hydrogens is 737 g/mol. The molecule has 0 saturated carbocycles. The van der Waals surface area contributed by atoms with Crippen LogP contribution in [0.2, 0.25) is 10.0 Å². The molecular formula is C36H38BrCl2N3O5S. The van der Waals surface area contributed by atoms with Crippen LogP contribution < -0.4 is 14.4 Å². The Hall–Kier alpha value is -3.57. The number of hydrogen-bond donors (Lipinski definition) is 1. The summed E-state index contributed by atoms with van der Waals surface area (Å²) in [6.45, 7) is 5.06. The molecule has 2 atom stereocenters. The number of rotatable bonds is 14. The molecule has 4 aromatic carbocycles. The number of sulfonamides is 1. The maximum absolute atomic E-state index is 14.7. The van der Waals surface area contributed by atoms with Crippen LogP contribution in [0.25, 0.3) is 0 Å². The average Bonchev–Trinajstić information content (AvgIpc) is 3.06. The third kappa shape index (κ3) is 9.31. The largest absolute Gasteiger partial charge is 0.496 e. The van der Waals surface area contributed by atoms with Crippen molar-refractivity contribution in [3.63, 3.8) is 0 Å². The van der Waals surface area contributed by atoms with Gasteiger partial charge in [0.15, 0.2) is 0 Å². The van der Waals surface area contributed by atoms with Gasteiger partial charge in [-0.05, 0) is 89.8 Å². The van der Waals surface area contributed by atoms with E-state index in [0.717, 1.165) is 15.4 Å². The lowest BCUT2D eigenvalue weighted by atomic mass is 10.0. The van der Waals surface area contributed by atoms with Crippen LogP contribution in [0.4, 0.5) is 5.69 Å². The first kappa shape index (κ1) is 37.3. The number of anilines is 1. The van der Waals surface area contributed by atoms with Crippen molar-refractivity contribution in [3.05, 3.63) is 122 Å². The first-order valence-corrected chi connectivity index (χ1v) is 18.3. The van der Waals surface area contributed by atoms with E-state index in [1.165, 1.54) is 30.2 Å². The molecule has 254 valence electrons. The fourth-order valence-electron chi connectivity index (χ4n) is 5.00. The highest BCUT2D eigenvalue weighted by molar-refractivity contribution is 9.10. The van der Waals surface area contributed by atoms with Gasteiger partial charge in [-0.25, -0.2) is 8.42 Å². The molecule has 8 nitrogen and oxygen atoms in total. The van der Waals surface area contributed by atoms with E-state index in [2.05, 4.69) is 21.2 Å². The number of carbonyl (C=O) groups is 2. The van der Waals surface area contributed by atoms with Crippen LogP contribution in [-0.2, 0) is 32.6 Å². The summed E-state index contributed by atoms with van der Waals surface area (Å²) >= 11 is 16.2. The number of methoxy groups -OCH3 is 1. The monoisotopic (exact) mass is 773 g/mol. The minimum Gasteiger partial charge on any atom is -0.496 e. The van der Waals surface area contributed by atoms with Gasteiger partial charge >= 0.3 is 0 Å². The predicted molar refractivity (Wildman–Crippen MR) is 195 cm³/mol. The minimum absolute atomic E-state index is 0.0498. The van der Waals surface area contributed by atoms with E-state index in [1.807, 2.05) is 51.1 Å². The summed E-state index contributed by atoms with van der Waals surface area (Å²) in [6, 6.07) is 24.3. The summed E-state index contributed by atoms with van der Waals surface area (Å²) in [5.41, 5.74) is 2.58. The molecule has 0 aliphatic rings. The summed E-state index contributed by atoms with van der Waals surface area (Å²) in [6.07, 6.45) is 0.861. The number of benzene rings is 4. The van der Waals surface area contributed by atoms with Gasteiger partial charge in [0.05, 0.1) is 22.2 Å². The standard InChI is InChI=1S/C36H38BrCl2N3O5S/c1-5-25(3)40-36(44)33(19-26-9-7-6-8-10-26)41(22-27-13-14-28(38)20-32(27)39)35(43)23-42(29-15-11-24(2)12-16-29)48(45,46)30-17-18-34(47-4)31(37)21-30/h6-18,20-21,25,33H,5,19,22-23H2,1-4H3,(H,40,44). The Balaban J connectivity index is 1.84. The average molecular weight is 776 g/mol. The molecule has 0 aliphatic heterocycles. The Bertz CT molecular complexity index is 1840. The van der Waals surface area contributed by atoms with Crippen LogP contribution in [-0.4, -0.2) is 50.9 Å². The highest BCUT2D eigenvalue weighted by Gasteiger charge is 2.35.